The first-order chi connectivity index (χ1) is 9.53. The number of aryl methyl sites for hydroxylation is 1. The molecule has 0 amide bonds. The molecule has 0 atom stereocenters. The molecule has 0 radical (unpaired) electrons. The Kier molecular flexibility index (Phi) is 4.27. The van der Waals surface area contributed by atoms with Crippen molar-refractivity contribution in [3.63, 3.8) is 0 Å². The number of nitrogen functional groups attached to an aromatic ring is 1. The molecular formula is C10H15N7O2S. The highest BCUT2D eigenvalue weighted by Gasteiger charge is 2.14. The molecule has 0 saturated heterocycles. The maximum atomic E-state index is 12.1. The quantitative estimate of drug-likeness (QED) is 0.461. The summed E-state index contributed by atoms with van der Waals surface area (Å²) in [5, 5.41) is 7.60. The molecule has 2 heterocycles. The second-order valence-corrected chi connectivity index (χ2v) is 5.79. The standard InChI is InChI=1S/C10H15N7O2S/c1-17-7-13-16-10(17)3-5-14-20(18,19)8-2-4-12-9(6-8)15-11/h2,4,6-7,14H,3,5,11H2,1H3,(H,12,15). The van der Waals surface area contributed by atoms with E-state index in [0.717, 1.165) is 0 Å². The zero-order valence-corrected chi connectivity index (χ0v) is 11.6. The van der Waals surface area contributed by atoms with E-state index in [0.29, 0.717) is 12.2 Å². The van der Waals surface area contributed by atoms with Gasteiger partial charge in [-0.25, -0.2) is 24.0 Å². The van der Waals surface area contributed by atoms with Crippen molar-refractivity contribution in [2.45, 2.75) is 11.3 Å². The maximum absolute atomic E-state index is 12.1. The van der Waals surface area contributed by atoms with E-state index in [9.17, 15) is 8.42 Å². The second kappa shape index (κ2) is 5.94. The molecule has 0 aromatic carbocycles. The molecule has 0 aliphatic heterocycles. The molecule has 0 unspecified atom stereocenters. The Morgan fingerprint density at radius 2 is 2.25 bits per heavy atom. The Balaban J connectivity index is 2.02. The predicted molar refractivity (Wildman–Crippen MR) is 71.9 cm³/mol. The molecule has 2 rings (SSSR count). The molecule has 4 N–H and O–H groups in total. The van der Waals surface area contributed by atoms with E-state index in [1.54, 1.807) is 17.9 Å². The smallest absolute Gasteiger partial charge is 0.240 e. The molecule has 2 aromatic rings. The number of rotatable bonds is 6. The molecule has 2 aromatic heterocycles. The Bertz CT molecular complexity index is 682. The summed E-state index contributed by atoms with van der Waals surface area (Å²) in [4.78, 5) is 3.95. The van der Waals surface area contributed by atoms with Crippen LogP contribution in [0.25, 0.3) is 0 Å². The fourth-order valence-electron chi connectivity index (χ4n) is 1.57. The first-order valence-corrected chi connectivity index (χ1v) is 7.26. The molecule has 0 aliphatic rings. The maximum Gasteiger partial charge on any atom is 0.240 e. The van der Waals surface area contributed by atoms with Gasteiger partial charge in [0.2, 0.25) is 10.0 Å². The SMILES string of the molecule is Cn1cnnc1CCNS(=O)(=O)c1ccnc(NN)c1. The van der Waals surface area contributed by atoms with Gasteiger partial charge in [-0.05, 0) is 6.07 Å². The van der Waals surface area contributed by atoms with Crippen LogP contribution in [0.4, 0.5) is 5.82 Å². The summed E-state index contributed by atoms with van der Waals surface area (Å²) in [6.45, 7) is 0.225. The minimum atomic E-state index is -3.60. The lowest BCUT2D eigenvalue weighted by molar-refractivity contribution is 0.580. The van der Waals surface area contributed by atoms with E-state index < -0.39 is 10.0 Å². The third-order valence-corrected chi connectivity index (χ3v) is 4.09. The average molecular weight is 297 g/mol. The van der Waals surface area contributed by atoms with Gasteiger partial charge in [0.1, 0.15) is 18.0 Å². The summed E-state index contributed by atoms with van der Waals surface area (Å²) >= 11 is 0. The van der Waals surface area contributed by atoms with Crippen molar-refractivity contribution in [1.29, 1.82) is 0 Å². The topological polar surface area (TPSA) is 128 Å². The number of hydrogen-bond acceptors (Lipinski definition) is 7. The van der Waals surface area contributed by atoms with Crippen molar-refractivity contribution >= 4 is 15.8 Å². The predicted octanol–water partition coefficient (Wildman–Crippen LogP) is -0.983. The lowest BCUT2D eigenvalue weighted by Crippen LogP contribution is -2.27. The van der Waals surface area contributed by atoms with Crippen LogP contribution >= 0.6 is 0 Å². The first-order valence-electron chi connectivity index (χ1n) is 5.78. The van der Waals surface area contributed by atoms with Crippen molar-refractivity contribution in [3.05, 3.63) is 30.5 Å². The molecule has 10 heteroatoms. The van der Waals surface area contributed by atoms with Crippen LogP contribution in [0.5, 0.6) is 0 Å². The summed E-state index contributed by atoms with van der Waals surface area (Å²) in [5.74, 6) is 6.18. The van der Waals surface area contributed by atoms with E-state index in [4.69, 9.17) is 5.84 Å². The van der Waals surface area contributed by atoms with Gasteiger partial charge in [0.15, 0.2) is 0 Å². The van der Waals surface area contributed by atoms with Crippen molar-refractivity contribution in [2.75, 3.05) is 12.0 Å². The fourth-order valence-corrected chi connectivity index (χ4v) is 2.62. The Morgan fingerprint density at radius 3 is 2.90 bits per heavy atom. The number of aromatic nitrogens is 4. The molecule has 0 aliphatic carbocycles. The van der Waals surface area contributed by atoms with Crippen LogP contribution in [0.2, 0.25) is 0 Å². The van der Waals surface area contributed by atoms with Gasteiger partial charge in [0.25, 0.3) is 0 Å². The first kappa shape index (κ1) is 14.4. The van der Waals surface area contributed by atoms with Crippen molar-refractivity contribution in [3.8, 4) is 0 Å². The van der Waals surface area contributed by atoms with Crippen LogP contribution in [-0.2, 0) is 23.5 Å². The normalized spacial score (nSPS) is 11.5. The molecule has 9 nitrogen and oxygen atoms in total. The average Bonchev–Trinajstić information content (AvgIpc) is 2.84. The summed E-state index contributed by atoms with van der Waals surface area (Å²) in [6, 6.07) is 2.75. The molecule has 0 bridgehead atoms. The Labute approximate surface area is 116 Å². The molecule has 20 heavy (non-hydrogen) atoms. The third kappa shape index (κ3) is 3.29. The van der Waals surface area contributed by atoms with Gasteiger partial charge in [-0.2, -0.15) is 0 Å². The Morgan fingerprint density at radius 1 is 1.45 bits per heavy atom. The number of nitrogens with one attached hydrogen (secondary N) is 2. The van der Waals surface area contributed by atoms with Gasteiger partial charge in [0.05, 0.1) is 4.90 Å². The minimum Gasteiger partial charge on any atom is -0.321 e. The van der Waals surface area contributed by atoms with Crippen LogP contribution in [0, 0.1) is 0 Å². The number of hydrogen-bond donors (Lipinski definition) is 3. The van der Waals surface area contributed by atoms with Gasteiger partial charge in [0, 0.05) is 32.3 Å². The lowest BCUT2D eigenvalue weighted by Gasteiger charge is -2.07. The largest absolute Gasteiger partial charge is 0.321 e. The number of sulfonamides is 1. The molecule has 0 saturated carbocycles. The van der Waals surface area contributed by atoms with Crippen LogP contribution in [0.15, 0.2) is 29.6 Å². The van der Waals surface area contributed by atoms with E-state index >= 15 is 0 Å². The van der Waals surface area contributed by atoms with Gasteiger partial charge in [-0.3, -0.25) is 0 Å². The zero-order chi connectivity index (χ0) is 14.6. The number of anilines is 1. The minimum absolute atomic E-state index is 0.0958. The van der Waals surface area contributed by atoms with Gasteiger partial charge < -0.3 is 9.99 Å². The van der Waals surface area contributed by atoms with Crippen molar-refractivity contribution < 1.29 is 8.42 Å². The lowest BCUT2D eigenvalue weighted by atomic mass is 10.4. The van der Waals surface area contributed by atoms with Crippen molar-refractivity contribution in [1.82, 2.24) is 24.5 Å². The number of pyridine rings is 1. The monoisotopic (exact) mass is 297 g/mol. The van der Waals surface area contributed by atoms with Gasteiger partial charge >= 0.3 is 0 Å². The summed E-state index contributed by atoms with van der Waals surface area (Å²) < 4.78 is 28.3. The Hall–Kier alpha value is -2.04. The van der Waals surface area contributed by atoms with E-state index in [1.807, 2.05) is 0 Å². The zero-order valence-electron chi connectivity index (χ0n) is 10.8. The van der Waals surface area contributed by atoms with Crippen LogP contribution < -0.4 is 16.0 Å². The van der Waals surface area contributed by atoms with E-state index in [2.05, 4.69) is 25.3 Å². The molecular weight excluding hydrogens is 282 g/mol. The van der Waals surface area contributed by atoms with Crippen LogP contribution in [-0.4, -0.2) is 34.7 Å². The van der Waals surface area contributed by atoms with Crippen molar-refractivity contribution in [2.24, 2.45) is 12.9 Å². The molecule has 0 spiro atoms. The fraction of sp³-hybridized carbons (Fsp3) is 0.300. The highest BCUT2D eigenvalue weighted by atomic mass is 32.2. The third-order valence-electron chi connectivity index (χ3n) is 2.64. The second-order valence-electron chi connectivity index (χ2n) is 4.03. The number of nitrogens with zero attached hydrogens (tertiary/aromatic N) is 4. The number of nitrogens with two attached hydrogens (primary N) is 1. The molecule has 108 valence electrons. The number of hydrazine groups is 1. The van der Waals surface area contributed by atoms with Gasteiger partial charge in [-0.1, -0.05) is 0 Å². The van der Waals surface area contributed by atoms with Gasteiger partial charge in [-0.15, -0.1) is 10.2 Å². The van der Waals surface area contributed by atoms with Crippen LogP contribution in [0.1, 0.15) is 5.82 Å². The molecule has 0 fully saturated rings. The van der Waals surface area contributed by atoms with E-state index in [-0.39, 0.29) is 17.3 Å². The summed E-state index contributed by atoms with van der Waals surface area (Å²) in [6.07, 6.45) is 3.38. The van der Waals surface area contributed by atoms with Crippen LogP contribution in [0.3, 0.4) is 0 Å². The highest BCUT2D eigenvalue weighted by Crippen LogP contribution is 2.11. The highest BCUT2D eigenvalue weighted by molar-refractivity contribution is 7.89. The summed E-state index contributed by atoms with van der Waals surface area (Å²) in [5.41, 5.74) is 2.30. The van der Waals surface area contributed by atoms with E-state index in [1.165, 1.54) is 18.3 Å². The summed E-state index contributed by atoms with van der Waals surface area (Å²) in [7, 11) is -1.80.